The minimum atomic E-state index is 0.282. The van der Waals surface area contributed by atoms with E-state index in [0.29, 0.717) is 6.04 Å². The first-order valence-electron chi connectivity index (χ1n) is 6.45. The second kappa shape index (κ2) is 4.12. The molecule has 1 unspecified atom stereocenters. The van der Waals surface area contributed by atoms with Crippen molar-refractivity contribution in [3.63, 3.8) is 0 Å². The predicted octanol–water partition coefficient (Wildman–Crippen LogP) is 3.97. The van der Waals surface area contributed by atoms with Crippen LogP contribution in [-0.2, 0) is 5.41 Å². The molecule has 1 aromatic rings. The molecule has 0 saturated heterocycles. The molecule has 0 radical (unpaired) electrons. The molecule has 0 amide bonds. The predicted molar refractivity (Wildman–Crippen MR) is 71.2 cm³/mol. The first kappa shape index (κ1) is 11.5. The molecule has 0 aliphatic carbocycles. The van der Waals surface area contributed by atoms with Crippen molar-refractivity contribution in [2.24, 2.45) is 0 Å². The van der Waals surface area contributed by atoms with Crippen molar-refractivity contribution >= 4 is 5.69 Å². The van der Waals surface area contributed by atoms with Crippen LogP contribution < -0.4 is 4.90 Å². The average molecular weight is 217 g/mol. The summed E-state index contributed by atoms with van der Waals surface area (Å²) in [4.78, 5) is 2.58. The van der Waals surface area contributed by atoms with Crippen LogP contribution in [0.1, 0.15) is 46.1 Å². The standard InChI is InChI=1S/C15H23N/c1-5-6-11-16-12(2)15(3,4)13-9-7-8-10-14(13)16/h7-10,12H,5-6,11H2,1-4H3. The molecule has 2 rings (SSSR count). The number of anilines is 1. The molecular weight excluding hydrogens is 194 g/mol. The fourth-order valence-corrected chi connectivity index (χ4v) is 2.73. The molecule has 1 aliphatic rings. The summed E-state index contributed by atoms with van der Waals surface area (Å²) in [6, 6.07) is 9.49. The van der Waals surface area contributed by atoms with Crippen molar-refractivity contribution in [3.05, 3.63) is 29.8 Å². The van der Waals surface area contributed by atoms with E-state index in [1.165, 1.54) is 30.6 Å². The maximum atomic E-state index is 2.58. The monoisotopic (exact) mass is 217 g/mol. The summed E-state index contributed by atoms with van der Waals surface area (Å²) >= 11 is 0. The molecule has 88 valence electrons. The van der Waals surface area contributed by atoms with Crippen LogP contribution in [0.15, 0.2) is 24.3 Å². The SMILES string of the molecule is CCCCN1c2ccccc2C(C)(C)C1C. The Morgan fingerprint density at radius 1 is 1.25 bits per heavy atom. The molecule has 1 aliphatic heterocycles. The zero-order valence-electron chi connectivity index (χ0n) is 11.0. The van der Waals surface area contributed by atoms with Crippen molar-refractivity contribution in [3.8, 4) is 0 Å². The Balaban J connectivity index is 2.35. The zero-order chi connectivity index (χ0) is 11.8. The molecule has 1 nitrogen and oxygen atoms in total. The Morgan fingerprint density at radius 3 is 2.62 bits per heavy atom. The smallest absolute Gasteiger partial charge is 0.0407 e. The fourth-order valence-electron chi connectivity index (χ4n) is 2.73. The van der Waals surface area contributed by atoms with Gasteiger partial charge in [0.15, 0.2) is 0 Å². The summed E-state index contributed by atoms with van der Waals surface area (Å²) in [5.74, 6) is 0. The molecule has 16 heavy (non-hydrogen) atoms. The van der Waals surface area contributed by atoms with Crippen molar-refractivity contribution in [2.75, 3.05) is 11.4 Å². The highest BCUT2D eigenvalue weighted by Crippen LogP contribution is 2.44. The van der Waals surface area contributed by atoms with E-state index in [-0.39, 0.29) is 5.41 Å². The second-order valence-electron chi connectivity index (χ2n) is 5.46. The van der Waals surface area contributed by atoms with Gasteiger partial charge < -0.3 is 4.90 Å². The Bertz CT molecular complexity index is 367. The molecule has 0 bridgehead atoms. The quantitative estimate of drug-likeness (QED) is 0.740. The van der Waals surface area contributed by atoms with E-state index in [1.807, 2.05) is 0 Å². The van der Waals surface area contributed by atoms with Crippen LogP contribution in [0, 0.1) is 0 Å². The van der Waals surface area contributed by atoms with Gasteiger partial charge in [-0.3, -0.25) is 0 Å². The Morgan fingerprint density at radius 2 is 1.94 bits per heavy atom. The van der Waals surface area contributed by atoms with Crippen molar-refractivity contribution in [1.82, 2.24) is 0 Å². The highest BCUT2D eigenvalue weighted by Gasteiger charge is 2.40. The molecule has 1 heteroatoms. The van der Waals surface area contributed by atoms with E-state index in [9.17, 15) is 0 Å². The summed E-state index contributed by atoms with van der Waals surface area (Å²) in [5.41, 5.74) is 3.25. The average Bonchev–Trinajstić information content (AvgIpc) is 2.47. The van der Waals surface area contributed by atoms with Crippen LogP contribution in [0.5, 0.6) is 0 Å². The van der Waals surface area contributed by atoms with Gasteiger partial charge in [-0.25, -0.2) is 0 Å². The molecule has 0 N–H and O–H groups in total. The third-order valence-corrected chi connectivity index (χ3v) is 4.17. The summed E-state index contributed by atoms with van der Waals surface area (Å²) in [7, 11) is 0. The molecule has 1 heterocycles. The van der Waals surface area contributed by atoms with Gasteiger partial charge in [-0.15, -0.1) is 0 Å². The largest absolute Gasteiger partial charge is 0.368 e. The lowest BCUT2D eigenvalue weighted by Crippen LogP contribution is -2.39. The van der Waals surface area contributed by atoms with Gasteiger partial charge in [-0.1, -0.05) is 45.4 Å². The van der Waals surface area contributed by atoms with Crippen LogP contribution in [-0.4, -0.2) is 12.6 Å². The zero-order valence-corrected chi connectivity index (χ0v) is 11.0. The van der Waals surface area contributed by atoms with Gasteiger partial charge in [0.1, 0.15) is 0 Å². The maximum Gasteiger partial charge on any atom is 0.0407 e. The number of para-hydroxylation sites is 1. The lowest BCUT2D eigenvalue weighted by atomic mass is 9.81. The summed E-state index contributed by atoms with van der Waals surface area (Å²) in [6.07, 6.45) is 2.56. The molecule has 0 fully saturated rings. The third-order valence-electron chi connectivity index (χ3n) is 4.17. The molecule has 0 spiro atoms. The number of unbranched alkanes of at least 4 members (excludes halogenated alkanes) is 1. The van der Waals surface area contributed by atoms with Gasteiger partial charge in [0.25, 0.3) is 0 Å². The van der Waals surface area contributed by atoms with Crippen molar-refractivity contribution in [1.29, 1.82) is 0 Å². The molecule has 0 saturated carbocycles. The first-order valence-corrected chi connectivity index (χ1v) is 6.45. The normalized spacial score (nSPS) is 22.2. The van der Waals surface area contributed by atoms with Gasteiger partial charge in [0.2, 0.25) is 0 Å². The van der Waals surface area contributed by atoms with Gasteiger partial charge in [-0.2, -0.15) is 0 Å². The van der Waals surface area contributed by atoms with Gasteiger partial charge in [-0.05, 0) is 25.0 Å². The Labute approximate surface area is 99.5 Å². The van der Waals surface area contributed by atoms with Crippen LogP contribution in [0.4, 0.5) is 5.69 Å². The minimum absolute atomic E-state index is 0.282. The molecule has 1 atom stereocenters. The van der Waals surface area contributed by atoms with Crippen molar-refractivity contribution in [2.45, 2.75) is 52.0 Å². The van der Waals surface area contributed by atoms with E-state index in [1.54, 1.807) is 0 Å². The summed E-state index contributed by atoms with van der Waals surface area (Å²) < 4.78 is 0. The number of hydrogen-bond donors (Lipinski definition) is 0. The number of hydrogen-bond acceptors (Lipinski definition) is 1. The number of rotatable bonds is 3. The first-order chi connectivity index (χ1) is 7.59. The summed E-state index contributed by atoms with van der Waals surface area (Å²) in [5, 5.41) is 0. The minimum Gasteiger partial charge on any atom is -0.368 e. The van der Waals surface area contributed by atoms with E-state index >= 15 is 0 Å². The maximum absolute atomic E-state index is 2.58. The van der Waals surface area contributed by atoms with Crippen LogP contribution in [0.2, 0.25) is 0 Å². The van der Waals surface area contributed by atoms with Gasteiger partial charge >= 0.3 is 0 Å². The van der Waals surface area contributed by atoms with E-state index in [2.05, 4.69) is 56.9 Å². The third kappa shape index (κ3) is 1.63. The number of nitrogens with zero attached hydrogens (tertiary/aromatic N) is 1. The fraction of sp³-hybridized carbons (Fsp3) is 0.600. The molecular formula is C15H23N. The van der Waals surface area contributed by atoms with Gasteiger partial charge in [0, 0.05) is 23.7 Å². The van der Waals surface area contributed by atoms with Crippen LogP contribution >= 0.6 is 0 Å². The highest BCUT2D eigenvalue weighted by molar-refractivity contribution is 5.63. The lowest BCUT2D eigenvalue weighted by molar-refractivity contribution is 0.438. The van der Waals surface area contributed by atoms with E-state index < -0.39 is 0 Å². The molecule has 1 aromatic carbocycles. The Kier molecular flexibility index (Phi) is 2.96. The lowest BCUT2D eigenvalue weighted by Gasteiger charge is -2.31. The number of benzene rings is 1. The summed E-state index contributed by atoms with van der Waals surface area (Å²) in [6.45, 7) is 10.5. The van der Waals surface area contributed by atoms with E-state index in [4.69, 9.17) is 0 Å². The van der Waals surface area contributed by atoms with Crippen molar-refractivity contribution < 1.29 is 0 Å². The molecule has 0 aromatic heterocycles. The highest BCUT2D eigenvalue weighted by atomic mass is 15.2. The van der Waals surface area contributed by atoms with E-state index in [0.717, 1.165) is 0 Å². The topological polar surface area (TPSA) is 3.24 Å². The second-order valence-corrected chi connectivity index (χ2v) is 5.46. The van der Waals surface area contributed by atoms with Crippen LogP contribution in [0.3, 0.4) is 0 Å². The van der Waals surface area contributed by atoms with Crippen LogP contribution in [0.25, 0.3) is 0 Å². The Hall–Kier alpha value is -0.980. The van der Waals surface area contributed by atoms with Gasteiger partial charge in [0.05, 0.1) is 0 Å². The number of fused-ring (bicyclic) bond motifs is 1.